The fourth-order valence-electron chi connectivity index (χ4n) is 3.67. The first-order chi connectivity index (χ1) is 13.4. The molecule has 0 amide bonds. The maximum atomic E-state index is 4.80. The van der Waals surface area contributed by atoms with Gasteiger partial charge in [0.15, 0.2) is 11.6 Å². The van der Waals surface area contributed by atoms with Gasteiger partial charge >= 0.3 is 0 Å². The van der Waals surface area contributed by atoms with Gasteiger partial charge in [-0.15, -0.1) is 0 Å². The van der Waals surface area contributed by atoms with Gasteiger partial charge in [0.2, 0.25) is 0 Å². The largest absolute Gasteiger partial charge is 0.377 e. The quantitative estimate of drug-likeness (QED) is 0.529. The number of hydrogen-bond acceptors (Lipinski definition) is 5. The minimum Gasteiger partial charge on any atom is -0.377 e. The molecular weight excluding hydrogens is 414 g/mol. The first-order valence-corrected chi connectivity index (χ1v) is 11.2. The van der Waals surface area contributed by atoms with Gasteiger partial charge in [-0.2, -0.15) is 0 Å². The number of nitrogens with zero attached hydrogens (tertiary/aromatic N) is 3. The van der Waals surface area contributed by atoms with Gasteiger partial charge in [-0.1, -0.05) is 40.2 Å². The van der Waals surface area contributed by atoms with E-state index in [2.05, 4.69) is 77.4 Å². The number of aryl methyl sites for hydroxylation is 1. The molecule has 1 aromatic heterocycles. The molecule has 0 spiro atoms. The lowest BCUT2D eigenvalue weighted by molar-refractivity contribution is 0.620. The third kappa shape index (κ3) is 4.43. The number of nitrogens with one attached hydrogen (secondary N) is 2. The Morgan fingerprint density at radius 3 is 2.68 bits per heavy atom. The standard InChI is InChI=1S/C22H32BrN5/c1-6-8-17(7-2)27-21-20-22(26-15(5)25-21)28(12-11-24-20)19-10-9-16(14(3)4)13-18(19)23/h9-10,13-14,17,24H,6-8,11-12H2,1-5H3,(H,25,26,27). The number of anilines is 4. The van der Waals surface area contributed by atoms with Crippen molar-refractivity contribution in [1.82, 2.24) is 9.97 Å². The van der Waals surface area contributed by atoms with Crippen LogP contribution >= 0.6 is 15.9 Å². The SMILES string of the molecule is CCCC(CC)Nc1nc(C)nc2c1NCCN2c1ccc(C(C)C)cc1Br. The van der Waals surface area contributed by atoms with Crippen molar-refractivity contribution in [2.24, 2.45) is 0 Å². The second-order valence-electron chi connectivity index (χ2n) is 7.80. The van der Waals surface area contributed by atoms with Crippen molar-refractivity contribution >= 4 is 38.9 Å². The van der Waals surface area contributed by atoms with Gasteiger partial charge in [-0.05, 0) is 59.3 Å². The fraction of sp³-hybridized carbons (Fsp3) is 0.545. The predicted octanol–water partition coefficient (Wildman–Crippen LogP) is 6.23. The zero-order chi connectivity index (χ0) is 20.3. The number of aromatic nitrogens is 2. The first kappa shape index (κ1) is 20.9. The molecule has 1 aromatic carbocycles. The molecule has 1 unspecified atom stereocenters. The highest BCUT2D eigenvalue weighted by atomic mass is 79.9. The maximum absolute atomic E-state index is 4.80. The van der Waals surface area contributed by atoms with E-state index in [1.165, 1.54) is 5.56 Å². The lowest BCUT2D eigenvalue weighted by Crippen LogP contribution is -2.33. The Hall–Kier alpha value is -1.82. The molecule has 2 N–H and O–H groups in total. The molecule has 1 aliphatic rings. The molecule has 0 saturated heterocycles. The molecule has 6 heteroatoms. The van der Waals surface area contributed by atoms with Crippen LogP contribution in [0, 0.1) is 6.92 Å². The van der Waals surface area contributed by atoms with Crippen molar-refractivity contribution in [2.45, 2.75) is 65.8 Å². The normalized spacial score (nSPS) is 14.6. The topological polar surface area (TPSA) is 53.1 Å². The molecule has 3 rings (SSSR count). The molecule has 0 saturated carbocycles. The highest BCUT2D eigenvalue weighted by Gasteiger charge is 2.26. The molecule has 0 radical (unpaired) electrons. The van der Waals surface area contributed by atoms with Crippen molar-refractivity contribution in [2.75, 3.05) is 28.6 Å². The van der Waals surface area contributed by atoms with Crippen LogP contribution < -0.4 is 15.5 Å². The average Bonchev–Trinajstić information content (AvgIpc) is 2.67. The van der Waals surface area contributed by atoms with Gasteiger partial charge in [-0.3, -0.25) is 0 Å². The van der Waals surface area contributed by atoms with E-state index < -0.39 is 0 Å². The third-order valence-corrected chi connectivity index (χ3v) is 5.93. The molecule has 0 aliphatic carbocycles. The van der Waals surface area contributed by atoms with E-state index in [1.54, 1.807) is 0 Å². The van der Waals surface area contributed by atoms with Crippen LogP contribution in [0.25, 0.3) is 0 Å². The van der Waals surface area contributed by atoms with Crippen molar-refractivity contribution < 1.29 is 0 Å². The van der Waals surface area contributed by atoms with Gasteiger partial charge < -0.3 is 15.5 Å². The highest BCUT2D eigenvalue weighted by Crippen LogP contribution is 2.40. The fourth-order valence-corrected chi connectivity index (χ4v) is 4.29. The molecule has 5 nitrogen and oxygen atoms in total. The summed E-state index contributed by atoms with van der Waals surface area (Å²) in [5.41, 5.74) is 3.49. The zero-order valence-corrected chi connectivity index (χ0v) is 19.2. The minimum atomic E-state index is 0.428. The van der Waals surface area contributed by atoms with E-state index in [0.717, 1.165) is 65.7 Å². The van der Waals surface area contributed by atoms with Gasteiger partial charge in [-0.25, -0.2) is 9.97 Å². The molecule has 2 aromatic rings. The van der Waals surface area contributed by atoms with Gasteiger partial charge in [0.05, 0.1) is 5.69 Å². The molecule has 152 valence electrons. The van der Waals surface area contributed by atoms with Crippen LogP contribution in [-0.4, -0.2) is 29.1 Å². The summed E-state index contributed by atoms with van der Waals surface area (Å²) in [5, 5.41) is 7.19. The Balaban J connectivity index is 2.00. The van der Waals surface area contributed by atoms with Gasteiger partial charge in [0, 0.05) is 23.6 Å². The summed E-state index contributed by atoms with van der Waals surface area (Å²) in [6, 6.07) is 7.07. The van der Waals surface area contributed by atoms with E-state index in [0.29, 0.717) is 12.0 Å². The molecule has 0 fully saturated rings. The number of halogens is 1. The molecule has 1 atom stereocenters. The Bertz CT molecular complexity index is 821. The molecule has 2 heterocycles. The van der Waals surface area contributed by atoms with Crippen molar-refractivity contribution in [3.63, 3.8) is 0 Å². The van der Waals surface area contributed by atoms with Crippen LogP contribution in [0.1, 0.15) is 64.3 Å². The minimum absolute atomic E-state index is 0.428. The van der Waals surface area contributed by atoms with E-state index in [4.69, 9.17) is 9.97 Å². The van der Waals surface area contributed by atoms with Crippen LogP contribution in [0.2, 0.25) is 0 Å². The van der Waals surface area contributed by atoms with E-state index in [9.17, 15) is 0 Å². The van der Waals surface area contributed by atoms with E-state index in [1.807, 2.05) is 6.92 Å². The molecule has 28 heavy (non-hydrogen) atoms. The summed E-state index contributed by atoms with van der Waals surface area (Å²) in [7, 11) is 0. The summed E-state index contributed by atoms with van der Waals surface area (Å²) in [6.45, 7) is 12.6. The third-order valence-electron chi connectivity index (χ3n) is 5.29. The van der Waals surface area contributed by atoms with Crippen LogP contribution in [0.5, 0.6) is 0 Å². The van der Waals surface area contributed by atoms with Crippen LogP contribution in [0.3, 0.4) is 0 Å². The van der Waals surface area contributed by atoms with Gasteiger partial charge in [0.1, 0.15) is 11.5 Å². The molecule has 0 bridgehead atoms. The Morgan fingerprint density at radius 2 is 2.04 bits per heavy atom. The van der Waals surface area contributed by atoms with Crippen LogP contribution in [-0.2, 0) is 0 Å². The Morgan fingerprint density at radius 1 is 1.25 bits per heavy atom. The monoisotopic (exact) mass is 445 g/mol. The lowest BCUT2D eigenvalue weighted by atomic mass is 10.0. The Kier molecular flexibility index (Phi) is 6.81. The zero-order valence-electron chi connectivity index (χ0n) is 17.6. The number of rotatable bonds is 7. The Labute approximate surface area is 177 Å². The molecule has 1 aliphatic heterocycles. The van der Waals surface area contributed by atoms with E-state index >= 15 is 0 Å². The second-order valence-corrected chi connectivity index (χ2v) is 8.65. The summed E-state index contributed by atoms with van der Waals surface area (Å²) < 4.78 is 1.11. The predicted molar refractivity (Wildman–Crippen MR) is 123 cm³/mol. The first-order valence-electron chi connectivity index (χ1n) is 10.4. The van der Waals surface area contributed by atoms with Crippen LogP contribution in [0.15, 0.2) is 22.7 Å². The number of hydrogen-bond donors (Lipinski definition) is 2. The lowest BCUT2D eigenvalue weighted by Gasteiger charge is -2.33. The second kappa shape index (κ2) is 9.12. The summed E-state index contributed by atoms with van der Waals surface area (Å²) in [6.07, 6.45) is 3.38. The van der Waals surface area contributed by atoms with Gasteiger partial charge in [0.25, 0.3) is 0 Å². The van der Waals surface area contributed by atoms with Crippen LogP contribution in [0.4, 0.5) is 23.0 Å². The molecular formula is C22H32BrN5. The van der Waals surface area contributed by atoms with Crippen molar-refractivity contribution in [3.8, 4) is 0 Å². The van der Waals surface area contributed by atoms with Crippen molar-refractivity contribution in [3.05, 3.63) is 34.1 Å². The maximum Gasteiger partial charge on any atom is 0.162 e. The average molecular weight is 446 g/mol. The van der Waals surface area contributed by atoms with Crippen molar-refractivity contribution in [1.29, 1.82) is 0 Å². The summed E-state index contributed by atoms with van der Waals surface area (Å²) in [5.74, 6) is 3.16. The summed E-state index contributed by atoms with van der Waals surface area (Å²) in [4.78, 5) is 11.8. The summed E-state index contributed by atoms with van der Waals surface area (Å²) >= 11 is 3.79. The number of fused-ring (bicyclic) bond motifs is 1. The number of benzene rings is 1. The highest BCUT2D eigenvalue weighted by molar-refractivity contribution is 9.10. The van der Waals surface area contributed by atoms with E-state index in [-0.39, 0.29) is 0 Å². The smallest absolute Gasteiger partial charge is 0.162 e.